The lowest BCUT2D eigenvalue weighted by molar-refractivity contribution is -0.116. The molecule has 0 aliphatic rings. The fourth-order valence-electron chi connectivity index (χ4n) is 0.508. The van der Waals surface area contributed by atoms with Crippen LogP contribution in [0.25, 0.3) is 0 Å². The van der Waals surface area contributed by atoms with Gasteiger partial charge in [0.1, 0.15) is 5.78 Å². The molecule has 0 saturated heterocycles. The monoisotopic (exact) mass is 174 g/mol. The summed E-state index contributed by atoms with van der Waals surface area (Å²) in [7, 11) is 0. The number of Topliss-reactive ketones (excluding diaryl/α,β-unsaturated/α-hetero) is 1. The van der Waals surface area contributed by atoms with E-state index in [1.165, 1.54) is 0 Å². The summed E-state index contributed by atoms with van der Waals surface area (Å²) in [4.78, 5) is 10.5. The molecule has 0 fully saturated rings. The summed E-state index contributed by atoms with van der Waals surface area (Å²) in [5.41, 5.74) is 0. The van der Waals surface area contributed by atoms with Gasteiger partial charge in [-0.05, 0) is 6.92 Å². The van der Waals surface area contributed by atoms with Crippen LogP contribution < -0.4 is 0 Å². The molecule has 2 nitrogen and oxygen atoms in total. The predicted molar refractivity (Wildman–Crippen MR) is 49.0 cm³/mol. The Bertz CT molecular complexity index is 127. The summed E-state index contributed by atoms with van der Waals surface area (Å²) in [6.45, 7) is 4.95. The van der Waals surface area contributed by atoms with Crippen molar-refractivity contribution < 1.29 is 9.90 Å². The predicted octanol–water partition coefficient (Wildman–Crippen LogP) is 2.16. The van der Waals surface area contributed by atoms with Crippen molar-refractivity contribution in [3.63, 3.8) is 0 Å². The first-order chi connectivity index (χ1) is 5.13. The van der Waals surface area contributed by atoms with Gasteiger partial charge in [0.2, 0.25) is 0 Å². The lowest BCUT2D eigenvalue weighted by Gasteiger charge is -1.97. The maximum atomic E-state index is 10.5. The summed E-state index contributed by atoms with van der Waals surface area (Å²) in [6, 6.07) is 0. The topological polar surface area (TPSA) is 37.3 Å². The maximum absolute atomic E-state index is 10.5. The van der Waals surface area contributed by atoms with Crippen LogP contribution in [0.2, 0.25) is 0 Å². The van der Waals surface area contributed by atoms with E-state index in [1.54, 1.807) is 18.7 Å². The molecule has 0 bridgehead atoms. The number of allylic oxidation sites excluding steroid dienone is 1. The van der Waals surface area contributed by atoms with E-state index in [2.05, 4.69) is 6.58 Å². The van der Waals surface area contributed by atoms with Gasteiger partial charge in [-0.3, -0.25) is 4.79 Å². The molecule has 0 saturated carbocycles. The lowest BCUT2D eigenvalue weighted by atomic mass is 10.4. The van der Waals surface area contributed by atoms with Gasteiger partial charge in [0.05, 0.1) is 5.76 Å². The Kier molecular flexibility index (Phi) is 6.03. The Labute approximate surface area is 71.7 Å². The molecule has 0 aromatic carbocycles. The van der Waals surface area contributed by atoms with Crippen LogP contribution in [0.4, 0.5) is 0 Å². The van der Waals surface area contributed by atoms with Gasteiger partial charge >= 0.3 is 0 Å². The van der Waals surface area contributed by atoms with Crippen LogP contribution in [0, 0.1) is 0 Å². The first-order valence-electron chi connectivity index (χ1n) is 3.57. The largest absolute Gasteiger partial charge is 0.513 e. The van der Waals surface area contributed by atoms with Gasteiger partial charge in [0.15, 0.2) is 0 Å². The van der Waals surface area contributed by atoms with Crippen molar-refractivity contribution >= 4 is 17.5 Å². The number of carbonyl (C=O) groups is 1. The Hall–Kier alpha value is -0.440. The van der Waals surface area contributed by atoms with Crippen molar-refractivity contribution in [2.24, 2.45) is 0 Å². The van der Waals surface area contributed by atoms with Gasteiger partial charge in [-0.2, -0.15) is 11.8 Å². The molecule has 0 spiro atoms. The number of thioether (sulfide) groups is 1. The first-order valence-corrected chi connectivity index (χ1v) is 4.72. The second-order valence-electron chi connectivity index (χ2n) is 2.38. The number of aliphatic hydroxyl groups is 1. The van der Waals surface area contributed by atoms with E-state index in [-0.39, 0.29) is 11.5 Å². The highest BCUT2D eigenvalue weighted by Gasteiger charge is 1.94. The molecule has 0 unspecified atom stereocenters. The summed E-state index contributed by atoms with van der Waals surface area (Å²) in [6.07, 6.45) is 1.26. The minimum atomic E-state index is 0.223. The number of rotatable bonds is 6. The average molecular weight is 174 g/mol. The summed E-state index contributed by atoms with van der Waals surface area (Å²) in [5, 5.41) is 8.69. The quantitative estimate of drug-likeness (QED) is 0.495. The third-order valence-electron chi connectivity index (χ3n) is 1.13. The van der Waals surface area contributed by atoms with Crippen LogP contribution in [0.15, 0.2) is 12.3 Å². The number of hydrogen-bond acceptors (Lipinski definition) is 3. The highest BCUT2D eigenvalue weighted by Crippen LogP contribution is 2.07. The van der Waals surface area contributed by atoms with Crippen LogP contribution in [-0.2, 0) is 4.79 Å². The lowest BCUT2D eigenvalue weighted by Crippen LogP contribution is -1.93. The second-order valence-corrected chi connectivity index (χ2v) is 3.61. The van der Waals surface area contributed by atoms with Crippen molar-refractivity contribution in [3.8, 4) is 0 Å². The number of hydrogen-bond donors (Lipinski definition) is 1. The van der Waals surface area contributed by atoms with Crippen molar-refractivity contribution in [2.45, 2.75) is 19.8 Å². The third-order valence-corrected chi connectivity index (χ3v) is 2.12. The third kappa shape index (κ3) is 9.56. The van der Waals surface area contributed by atoms with Gasteiger partial charge in [-0.25, -0.2) is 0 Å². The van der Waals surface area contributed by atoms with E-state index < -0.39 is 0 Å². The highest BCUT2D eigenvalue weighted by molar-refractivity contribution is 7.99. The molecule has 0 aliphatic carbocycles. The van der Waals surface area contributed by atoms with E-state index in [4.69, 9.17) is 5.11 Å². The molecule has 0 rings (SSSR count). The van der Waals surface area contributed by atoms with Crippen molar-refractivity contribution in [1.29, 1.82) is 0 Å². The van der Waals surface area contributed by atoms with E-state index in [0.717, 1.165) is 11.5 Å². The Morgan fingerprint density at radius 2 is 2.00 bits per heavy atom. The molecule has 3 heteroatoms. The molecule has 0 aromatic rings. The average Bonchev–Trinajstić information content (AvgIpc) is 1.85. The van der Waals surface area contributed by atoms with E-state index in [1.807, 2.05) is 0 Å². The smallest absolute Gasteiger partial charge is 0.130 e. The van der Waals surface area contributed by atoms with Crippen molar-refractivity contribution in [2.75, 3.05) is 11.5 Å². The molecule has 0 amide bonds. The number of aliphatic hydroxyl groups excluding tert-OH is 1. The van der Waals surface area contributed by atoms with Crippen LogP contribution in [-0.4, -0.2) is 22.4 Å². The zero-order chi connectivity index (χ0) is 8.69. The molecule has 0 aliphatic heterocycles. The molecule has 11 heavy (non-hydrogen) atoms. The van der Waals surface area contributed by atoms with E-state index in [9.17, 15) is 4.79 Å². The van der Waals surface area contributed by atoms with Crippen LogP contribution in [0.1, 0.15) is 19.8 Å². The summed E-state index contributed by atoms with van der Waals surface area (Å²) >= 11 is 1.67. The standard InChI is InChI=1S/C8H14O2S/c1-7(9)3-5-11-6-4-8(2)10/h9H,1,3-6H2,2H3. The van der Waals surface area contributed by atoms with Crippen LogP contribution >= 0.6 is 11.8 Å². The highest BCUT2D eigenvalue weighted by atomic mass is 32.2. The van der Waals surface area contributed by atoms with E-state index >= 15 is 0 Å². The minimum Gasteiger partial charge on any atom is -0.513 e. The Morgan fingerprint density at radius 1 is 1.45 bits per heavy atom. The minimum absolute atomic E-state index is 0.223. The Balaban J connectivity index is 3.03. The maximum Gasteiger partial charge on any atom is 0.130 e. The summed E-state index contributed by atoms with van der Waals surface area (Å²) < 4.78 is 0. The van der Waals surface area contributed by atoms with Crippen molar-refractivity contribution in [3.05, 3.63) is 12.3 Å². The molecule has 0 heterocycles. The Morgan fingerprint density at radius 3 is 2.45 bits per heavy atom. The zero-order valence-corrected chi connectivity index (χ0v) is 7.62. The van der Waals surface area contributed by atoms with Gasteiger partial charge in [-0.15, -0.1) is 0 Å². The summed E-state index contributed by atoms with van der Waals surface area (Å²) in [5.74, 6) is 2.14. The zero-order valence-electron chi connectivity index (χ0n) is 6.80. The van der Waals surface area contributed by atoms with Crippen molar-refractivity contribution in [1.82, 2.24) is 0 Å². The van der Waals surface area contributed by atoms with Crippen LogP contribution in [0.3, 0.4) is 0 Å². The molecule has 64 valence electrons. The fraction of sp³-hybridized carbons (Fsp3) is 0.625. The second kappa shape index (κ2) is 6.28. The normalized spacial score (nSPS) is 9.55. The van der Waals surface area contributed by atoms with Gasteiger partial charge in [-0.1, -0.05) is 6.58 Å². The molecular weight excluding hydrogens is 160 g/mol. The molecule has 1 N–H and O–H groups in total. The van der Waals surface area contributed by atoms with Gasteiger partial charge in [0.25, 0.3) is 0 Å². The number of ketones is 1. The first kappa shape index (κ1) is 10.6. The molecule has 0 atom stereocenters. The van der Waals surface area contributed by atoms with E-state index in [0.29, 0.717) is 12.8 Å². The van der Waals surface area contributed by atoms with Crippen LogP contribution in [0.5, 0.6) is 0 Å². The molecule has 0 aromatic heterocycles. The molecule has 0 radical (unpaired) electrons. The number of carbonyl (C=O) groups excluding carboxylic acids is 1. The fourth-order valence-corrected chi connectivity index (χ4v) is 1.52. The molecular formula is C8H14O2S. The van der Waals surface area contributed by atoms with Gasteiger partial charge < -0.3 is 5.11 Å². The SMILES string of the molecule is C=C(O)CCSCCC(C)=O. The van der Waals surface area contributed by atoms with Gasteiger partial charge in [0, 0.05) is 24.3 Å².